The van der Waals surface area contributed by atoms with Crippen molar-refractivity contribution in [3.8, 4) is 0 Å². The van der Waals surface area contributed by atoms with Gasteiger partial charge < -0.3 is 16.2 Å². The van der Waals surface area contributed by atoms with Gasteiger partial charge in [-0.3, -0.25) is 4.79 Å². The number of carboxylic acids is 1. The average Bonchev–Trinajstić information content (AvgIpc) is 2.86. The van der Waals surface area contributed by atoms with Crippen LogP contribution < -0.4 is 11.1 Å². The van der Waals surface area contributed by atoms with E-state index >= 15 is 0 Å². The van der Waals surface area contributed by atoms with Crippen LogP contribution in [0.4, 0.5) is 5.69 Å². The summed E-state index contributed by atoms with van der Waals surface area (Å²) in [5.74, 6) is -1.32. The van der Waals surface area contributed by atoms with E-state index in [9.17, 15) is 9.59 Å². The van der Waals surface area contributed by atoms with Gasteiger partial charge in [0.1, 0.15) is 5.56 Å². The van der Waals surface area contributed by atoms with Gasteiger partial charge in [0, 0.05) is 5.92 Å². The third-order valence-corrected chi connectivity index (χ3v) is 4.10. The number of rotatable bonds is 4. The largest absolute Gasteiger partial charge is 0.478 e. The predicted octanol–water partition coefficient (Wildman–Crippen LogP) is 2.35. The fraction of sp³-hybridized carbons (Fsp3) is 0.429. The number of hydrogen-bond donors (Lipinski definition) is 3. The van der Waals surface area contributed by atoms with E-state index in [1.54, 1.807) is 12.1 Å². The zero-order valence-corrected chi connectivity index (χ0v) is 11.7. The summed E-state index contributed by atoms with van der Waals surface area (Å²) in [4.78, 5) is 23.5. The first-order chi connectivity index (χ1) is 9.54. The van der Waals surface area contributed by atoms with Crippen molar-refractivity contribution in [3.05, 3.63) is 28.8 Å². The first-order valence-corrected chi connectivity index (χ1v) is 6.95. The fourth-order valence-electron chi connectivity index (χ4n) is 2.74. The lowest BCUT2D eigenvalue weighted by atomic mass is 9.95. The Morgan fingerprint density at radius 2 is 2.15 bits per heavy atom. The number of carbonyl (C=O) groups is 2. The minimum atomic E-state index is -1.16. The van der Waals surface area contributed by atoms with Crippen LogP contribution in [0, 0.1) is 11.8 Å². The van der Waals surface area contributed by atoms with E-state index in [4.69, 9.17) is 22.4 Å². The highest BCUT2D eigenvalue weighted by atomic mass is 35.5. The van der Waals surface area contributed by atoms with Crippen LogP contribution in [0.1, 0.15) is 29.6 Å². The van der Waals surface area contributed by atoms with Crippen LogP contribution >= 0.6 is 11.6 Å². The topological polar surface area (TPSA) is 92.4 Å². The molecule has 0 aliphatic heterocycles. The highest BCUT2D eigenvalue weighted by Gasteiger charge is 2.32. The summed E-state index contributed by atoms with van der Waals surface area (Å²) in [7, 11) is 0. The van der Waals surface area contributed by atoms with E-state index in [0.717, 1.165) is 19.3 Å². The Labute approximate surface area is 122 Å². The van der Waals surface area contributed by atoms with Gasteiger partial charge >= 0.3 is 5.97 Å². The Balaban J connectivity index is 2.20. The Bertz CT molecular complexity index is 533. The second-order valence-electron chi connectivity index (χ2n) is 4.99. The summed E-state index contributed by atoms with van der Waals surface area (Å²) in [6, 6.07) is 4.64. The van der Waals surface area contributed by atoms with E-state index in [1.807, 2.05) is 0 Å². The Hall–Kier alpha value is -1.59. The molecular weight excluding hydrogens is 280 g/mol. The summed E-state index contributed by atoms with van der Waals surface area (Å²) < 4.78 is 0. The van der Waals surface area contributed by atoms with E-state index in [1.165, 1.54) is 6.07 Å². The third-order valence-electron chi connectivity index (χ3n) is 3.78. The van der Waals surface area contributed by atoms with Crippen molar-refractivity contribution in [2.45, 2.75) is 19.3 Å². The molecule has 0 aromatic heterocycles. The number of benzene rings is 1. The second kappa shape index (κ2) is 6.24. The zero-order chi connectivity index (χ0) is 14.7. The van der Waals surface area contributed by atoms with Crippen molar-refractivity contribution >= 4 is 29.2 Å². The molecule has 1 aromatic carbocycles. The quantitative estimate of drug-likeness (QED) is 0.795. The second-order valence-corrected chi connectivity index (χ2v) is 5.40. The van der Waals surface area contributed by atoms with E-state index in [2.05, 4.69) is 5.32 Å². The molecule has 2 unspecified atom stereocenters. The maximum Gasteiger partial charge on any atom is 0.339 e. The van der Waals surface area contributed by atoms with Crippen LogP contribution in [0.5, 0.6) is 0 Å². The van der Waals surface area contributed by atoms with Gasteiger partial charge in [-0.25, -0.2) is 4.79 Å². The predicted molar refractivity (Wildman–Crippen MR) is 76.9 cm³/mol. The minimum Gasteiger partial charge on any atom is -0.478 e. The number of nitrogens with two attached hydrogens (primary N) is 1. The number of anilines is 1. The third kappa shape index (κ3) is 2.94. The van der Waals surface area contributed by atoms with Crippen molar-refractivity contribution in [1.82, 2.24) is 0 Å². The monoisotopic (exact) mass is 296 g/mol. The van der Waals surface area contributed by atoms with Crippen molar-refractivity contribution in [2.75, 3.05) is 11.9 Å². The van der Waals surface area contributed by atoms with Crippen LogP contribution in [-0.4, -0.2) is 23.5 Å². The van der Waals surface area contributed by atoms with Crippen LogP contribution in [0.2, 0.25) is 5.02 Å². The molecule has 1 fully saturated rings. The highest BCUT2D eigenvalue weighted by molar-refractivity contribution is 6.34. The van der Waals surface area contributed by atoms with Gasteiger partial charge in [0.15, 0.2) is 0 Å². The van der Waals surface area contributed by atoms with Gasteiger partial charge in [0.05, 0.1) is 10.7 Å². The van der Waals surface area contributed by atoms with Crippen molar-refractivity contribution in [1.29, 1.82) is 0 Å². The molecule has 0 spiro atoms. The lowest BCUT2D eigenvalue weighted by Crippen LogP contribution is -2.30. The normalized spacial score (nSPS) is 21.7. The van der Waals surface area contributed by atoms with Crippen LogP contribution in [0.25, 0.3) is 0 Å². The maximum absolute atomic E-state index is 12.3. The molecule has 4 N–H and O–H groups in total. The van der Waals surface area contributed by atoms with Crippen LogP contribution in [0.15, 0.2) is 18.2 Å². The molecule has 1 aliphatic rings. The summed E-state index contributed by atoms with van der Waals surface area (Å²) in [6.45, 7) is 0.472. The molecule has 1 amide bonds. The molecular formula is C14H17ClN2O3. The van der Waals surface area contributed by atoms with Gasteiger partial charge in [-0.2, -0.15) is 0 Å². The number of carbonyl (C=O) groups excluding carboxylic acids is 1. The summed E-state index contributed by atoms with van der Waals surface area (Å²) >= 11 is 5.87. The lowest BCUT2D eigenvalue weighted by molar-refractivity contribution is -0.120. The SMILES string of the molecule is NCC1CCCC1C(=O)Nc1cccc(Cl)c1C(=O)O. The highest BCUT2D eigenvalue weighted by Crippen LogP contribution is 2.33. The van der Waals surface area contributed by atoms with Gasteiger partial charge in [-0.15, -0.1) is 0 Å². The maximum atomic E-state index is 12.3. The molecule has 2 rings (SSSR count). The minimum absolute atomic E-state index is 0.0789. The van der Waals surface area contributed by atoms with Crippen LogP contribution in [-0.2, 0) is 4.79 Å². The summed E-state index contributed by atoms with van der Waals surface area (Å²) in [5, 5.41) is 12.0. The van der Waals surface area contributed by atoms with Gasteiger partial charge in [0.25, 0.3) is 0 Å². The number of hydrogen-bond acceptors (Lipinski definition) is 3. The van der Waals surface area contributed by atoms with Gasteiger partial charge in [-0.1, -0.05) is 24.1 Å². The van der Waals surface area contributed by atoms with E-state index in [0.29, 0.717) is 6.54 Å². The first-order valence-electron chi connectivity index (χ1n) is 6.57. The van der Waals surface area contributed by atoms with Gasteiger partial charge in [0.2, 0.25) is 5.91 Å². The molecule has 1 saturated carbocycles. The molecule has 1 aromatic rings. The summed E-state index contributed by atoms with van der Waals surface area (Å²) in [5.41, 5.74) is 5.82. The van der Waals surface area contributed by atoms with Crippen molar-refractivity contribution in [2.24, 2.45) is 17.6 Å². The molecule has 0 radical (unpaired) electrons. The molecule has 5 nitrogen and oxygen atoms in total. The molecule has 2 atom stereocenters. The lowest BCUT2D eigenvalue weighted by Gasteiger charge is -2.18. The number of amides is 1. The molecule has 20 heavy (non-hydrogen) atoms. The number of carboxylic acid groups (broad SMARTS) is 1. The van der Waals surface area contributed by atoms with E-state index in [-0.39, 0.29) is 34.0 Å². The fourth-order valence-corrected chi connectivity index (χ4v) is 2.99. The molecule has 108 valence electrons. The molecule has 6 heteroatoms. The standard InChI is InChI=1S/C14H17ClN2O3/c15-10-5-2-6-11(12(10)14(19)20)17-13(18)9-4-1-3-8(9)7-16/h2,5-6,8-9H,1,3-4,7,16H2,(H,17,18)(H,19,20). The molecule has 0 bridgehead atoms. The van der Waals surface area contributed by atoms with Crippen molar-refractivity contribution in [3.63, 3.8) is 0 Å². The molecule has 0 heterocycles. The number of nitrogens with one attached hydrogen (secondary N) is 1. The Kier molecular flexibility index (Phi) is 4.62. The summed E-state index contributed by atoms with van der Waals surface area (Å²) in [6.07, 6.45) is 2.70. The molecule has 1 aliphatic carbocycles. The number of halogens is 1. The van der Waals surface area contributed by atoms with E-state index < -0.39 is 5.97 Å². The zero-order valence-electron chi connectivity index (χ0n) is 10.9. The Morgan fingerprint density at radius 1 is 1.40 bits per heavy atom. The van der Waals surface area contributed by atoms with Gasteiger partial charge in [-0.05, 0) is 37.4 Å². The molecule has 0 saturated heterocycles. The first kappa shape index (κ1) is 14.8. The average molecular weight is 297 g/mol. The smallest absolute Gasteiger partial charge is 0.339 e. The number of aromatic carboxylic acids is 1. The Morgan fingerprint density at radius 3 is 2.80 bits per heavy atom. The van der Waals surface area contributed by atoms with Crippen LogP contribution in [0.3, 0.4) is 0 Å². The van der Waals surface area contributed by atoms with Crippen molar-refractivity contribution < 1.29 is 14.7 Å².